The Bertz CT molecular complexity index is 750. The van der Waals surface area contributed by atoms with Gasteiger partial charge in [-0.05, 0) is 56.9 Å². The SMILES string of the molecule is Cc1ccc(CNC(=O)N2CCC(N3CC(OCC4CC4)C34CCOCC4)CC2)cc1. The van der Waals surface area contributed by atoms with E-state index in [1.54, 1.807) is 0 Å². The zero-order valence-corrected chi connectivity index (χ0v) is 18.9. The quantitative estimate of drug-likeness (QED) is 0.757. The Morgan fingerprint density at radius 2 is 1.84 bits per heavy atom. The van der Waals surface area contributed by atoms with E-state index in [0.29, 0.717) is 18.7 Å². The van der Waals surface area contributed by atoms with E-state index in [-0.39, 0.29) is 11.6 Å². The molecule has 0 aromatic heterocycles. The van der Waals surface area contributed by atoms with Gasteiger partial charge >= 0.3 is 6.03 Å². The third kappa shape index (κ3) is 4.62. The van der Waals surface area contributed by atoms with Crippen LogP contribution in [-0.2, 0) is 16.0 Å². The van der Waals surface area contributed by atoms with Crippen LogP contribution in [0.5, 0.6) is 0 Å². The average molecular weight is 428 g/mol. The van der Waals surface area contributed by atoms with Gasteiger partial charge in [-0.1, -0.05) is 29.8 Å². The summed E-state index contributed by atoms with van der Waals surface area (Å²) in [4.78, 5) is 17.4. The van der Waals surface area contributed by atoms with Crippen molar-refractivity contribution in [1.29, 1.82) is 0 Å². The van der Waals surface area contributed by atoms with Gasteiger partial charge in [0.25, 0.3) is 0 Å². The Morgan fingerprint density at radius 3 is 2.52 bits per heavy atom. The molecule has 1 N–H and O–H groups in total. The zero-order chi connectivity index (χ0) is 21.3. The second-order valence-electron chi connectivity index (χ2n) is 10.00. The highest BCUT2D eigenvalue weighted by Gasteiger charge is 2.57. The molecular weight excluding hydrogens is 390 g/mol. The number of likely N-dealkylation sites (tertiary alicyclic amines) is 2. The minimum Gasteiger partial charge on any atom is -0.381 e. The van der Waals surface area contributed by atoms with Crippen molar-refractivity contribution in [3.8, 4) is 0 Å². The molecule has 1 aromatic rings. The topological polar surface area (TPSA) is 54.0 Å². The van der Waals surface area contributed by atoms with Gasteiger partial charge in [-0.25, -0.2) is 4.79 Å². The number of benzene rings is 1. The molecule has 3 heterocycles. The van der Waals surface area contributed by atoms with Gasteiger partial charge in [0, 0.05) is 52.0 Å². The summed E-state index contributed by atoms with van der Waals surface area (Å²) in [5.74, 6) is 0.813. The van der Waals surface area contributed by atoms with Crippen molar-refractivity contribution in [2.45, 2.75) is 69.7 Å². The molecule has 0 radical (unpaired) electrons. The lowest BCUT2D eigenvalue weighted by Crippen LogP contribution is -2.76. The molecule has 4 aliphatic rings. The fourth-order valence-electron chi connectivity index (χ4n) is 5.57. The Hall–Kier alpha value is -1.63. The van der Waals surface area contributed by atoms with Crippen molar-refractivity contribution in [1.82, 2.24) is 15.1 Å². The van der Waals surface area contributed by atoms with E-state index in [0.717, 1.165) is 76.6 Å². The summed E-state index contributed by atoms with van der Waals surface area (Å²) >= 11 is 0. The Labute approximate surface area is 186 Å². The van der Waals surface area contributed by atoms with E-state index >= 15 is 0 Å². The first-order valence-electron chi connectivity index (χ1n) is 12.2. The van der Waals surface area contributed by atoms with Crippen molar-refractivity contribution in [2.24, 2.45) is 5.92 Å². The number of piperidine rings is 1. The summed E-state index contributed by atoms with van der Waals surface area (Å²) in [6.07, 6.45) is 7.33. The van der Waals surface area contributed by atoms with Gasteiger partial charge in [0.15, 0.2) is 0 Å². The number of amides is 2. The number of rotatable bonds is 6. The summed E-state index contributed by atoms with van der Waals surface area (Å²) in [6, 6.07) is 8.97. The summed E-state index contributed by atoms with van der Waals surface area (Å²) in [5.41, 5.74) is 2.56. The number of aryl methyl sites for hydroxylation is 1. The molecule has 1 aliphatic carbocycles. The second kappa shape index (κ2) is 9.08. The van der Waals surface area contributed by atoms with E-state index in [1.807, 2.05) is 4.90 Å². The molecule has 4 fully saturated rings. The first-order valence-corrected chi connectivity index (χ1v) is 12.2. The van der Waals surface area contributed by atoms with E-state index in [2.05, 4.69) is 41.4 Å². The Balaban J connectivity index is 1.11. The minimum absolute atomic E-state index is 0.0639. The molecular formula is C25H37N3O3. The van der Waals surface area contributed by atoms with Crippen molar-refractivity contribution in [2.75, 3.05) is 39.5 Å². The van der Waals surface area contributed by atoms with Crippen molar-refractivity contribution in [3.05, 3.63) is 35.4 Å². The standard InChI is InChI=1S/C25H37N3O3/c1-19-2-4-20(5-3-19)16-26-24(29)27-12-8-22(9-13-27)28-17-23(31-18-21-6-7-21)25(28)10-14-30-15-11-25/h2-5,21-23H,6-18H2,1H3,(H,26,29). The number of ether oxygens (including phenoxy) is 2. The number of nitrogens with zero attached hydrogens (tertiary/aromatic N) is 2. The molecule has 1 unspecified atom stereocenters. The highest BCUT2D eigenvalue weighted by Crippen LogP contribution is 2.45. The maximum atomic E-state index is 12.7. The van der Waals surface area contributed by atoms with Crippen LogP contribution in [0.1, 0.15) is 49.7 Å². The lowest BCUT2D eigenvalue weighted by molar-refractivity contribution is -0.217. The lowest BCUT2D eigenvalue weighted by Gasteiger charge is -2.63. The summed E-state index contributed by atoms with van der Waals surface area (Å²) in [6.45, 7) is 8.03. The van der Waals surface area contributed by atoms with Crippen LogP contribution in [0.4, 0.5) is 4.79 Å². The molecule has 0 bridgehead atoms. The molecule has 5 rings (SSSR count). The van der Waals surface area contributed by atoms with E-state index < -0.39 is 0 Å². The van der Waals surface area contributed by atoms with Crippen LogP contribution in [0, 0.1) is 12.8 Å². The van der Waals surface area contributed by atoms with Gasteiger partial charge in [0.05, 0.1) is 11.6 Å². The van der Waals surface area contributed by atoms with Gasteiger partial charge < -0.3 is 19.7 Å². The molecule has 170 valence electrons. The smallest absolute Gasteiger partial charge is 0.317 e. The maximum absolute atomic E-state index is 12.7. The fourth-order valence-corrected chi connectivity index (χ4v) is 5.57. The van der Waals surface area contributed by atoms with Crippen molar-refractivity contribution >= 4 is 6.03 Å². The first-order chi connectivity index (χ1) is 15.1. The third-order valence-corrected chi connectivity index (χ3v) is 7.88. The molecule has 1 saturated carbocycles. The van der Waals surface area contributed by atoms with E-state index in [9.17, 15) is 4.79 Å². The Kier molecular flexibility index (Phi) is 6.22. The van der Waals surface area contributed by atoms with Gasteiger partial charge in [-0.15, -0.1) is 0 Å². The van der Waals surface area contributed by atoms with Crippen molar-refractivity contribution < 1.29 is 14.3 Å². The third-order valence-electron chi connectivity index (χ3n) is 7.88. The number of urea groups is 1. The number of hydrogen-bond donors (Lipinski definition) is 1. The number of carbonyl (C=O) groups excluding carboxylic acids is 1. The van der Waals surface area contributed by atoms with Crippen LogP contribution in [0.15, 0.2) is 24.3 Å². The van der Waals surface area contributed by atoms with Gasteiger partial charge in [0.2, 0.25) is 0 Å². The van der Waals surface area contributed by atoms with Crippen LogP contribution in [-0.4, -0.2) is 73.0 Å². The largest absolute Gasteiger partial charge is 0.381 e. The summed E-state index contributed by atoms with van der Waals surface area (Å²) in [5, 5.41) is 3.09. The molecule has 3 saturated heterocycles. The zero-order valence-electron chi connectivity index (χ0n) is 18.9. The van der Waals surface area contributed by atoms with Gasteiger partial charge in [-0.3, -0.25) is 4.90 Å². The minimum atomic E-state index is 0.0639. The summed E-state index contributed by atoms with van der Waals surface area (Å²) < 4.78 is 12.1. The van der Waals surface area contributed by atoms with Crippen LogP contribution in [0.3, 0.4) is 0 Å². The van der Waals surface area contributed by atoms with E-state index in [4.69, 9.17) is 9.47 Å². The van der Waals surface area contributed by atoms with E-state index in [1.165, 1.54) is 18.4 Å². The molecule has 1 aromatic carbocycles. The highest BCUT2D eigenvalue weighted by atomic mass is 16.5. The molecule has 31 heavy (non-hydrogen) atoms. The molecule has 1 atom stereocenters. The number of carbonyl (C=O) groups is 1. The van der Waals surface area contributed by atoms with Crippen LogP contribution in [0.2, 0.25) is 0 Å². The summed E-state index contributed by atoms with van der Waals surface area (Å²) in [7, 11) is 0. The van der Waals surface area contributed by atoms with Crippen LogP contribution >= 0.6 is 0 Å². The van der Waals surface area contributed by atoms with Crippen LogP contribution in [0.25, 0.3) is 0 Å². The first kappa shape index (κ1) is 21.2. The number of hydrogen-bond acceptors (Lipinski definition) is 4. The predicted molar refractivity (Wildman–Crippen MR) is 120 cm³/mol. The monoisotopic (exact) mass is 427 g/mol. The fraction of sp³-hybridized carbons (Fsp3) is 0.720. The normalized spacial score (nSPS) is 26.6. The highest BCUT2D eigenvalue weighted by molar-refractivity contribution is 5.74. The maximum Gasteiger partial charge on any atom is 0.317 e. The predicted octanol–water partition coefficient (Wildman–Crippen LogP) is 3.33. The van der Waals surface area contributed by atoms with Crippen molar-refractivity contribution in [3.63, 3.8) is 0 Å². The molecule has 3 aliphatic heterocycles. The van der Waals surface area contributed by atoms with Crippen LogP contribution < -0.4 is 5.32 Å². The van der Waals surface area contributed by atoms with Gasteiger partial charge in [-0.2, -0.15) is 0 Å². The molecule has 6 heteroatoms. The molecule has 6 nitrogen and oxygen atoms in total. The number of nitrogens with one attached hydrogen (secondary N) is 1. The average Bonchev–Trinajstić information content (AvgIpc) is 3.63. The lowest BCUT2D eigenvalue weighted by atomic mass is 9.73. The second-order valence-corrected chi connectivity index (χ2v) is 10.00. The molecule has 1 spiro atoms. The van der Waals surface area contributed by atoms with Gasteiger partial charge in [0.1, 0.15) is 0 Å². The molecule has 2 amide bonds. The Morgan fingerprint density at radius 1 is 1.13 bits per heavy atom.